The van der Waals surface area contributed by atoms with E-state index in [0.717, 1.165) is 5.56 Å². The van der Waals surface area contributed by atoms with Gasteiger partial charge >= 0.3 is 6.09 Å². The van der Waals surface area contributed by atoms with Crippen LogP contribution in [-0.2, 0) is 11.3 Å². The van der Waals surface area contributed by atoms with Crippen LogP contribution >= 0.6 is 0 Å². The van der Waals surface area contributed by atoms with E-state index in [-0.39, 0.29) is 24.7 Å². The van der Waals surface area contributed by atoms with Crippen LogP contribution in [0.1, 0.15) is 17.2 Å². The number of amides is 1. The molecular weight excluding hydrogens is 298 g/mol. The van der Waals surface area contributed by atoms with Gasteiger partial charge in [-0.3, -0.25) is 0 Å². The van der Waals surface area contributed by atoms with Crippen molar-refractivity contribution in [1.29, 1.82) is 0 Å². The molecule has 0 spiro atoms. The van der Waals surface area contributed by atoms with E-state index in [9.17, 15) is 20.1 Å². The largest absolute Gasteiger partial charge is 0.504 e. The fourth-order valence-electron chi connectivity index (χ4n) is 2.02. The Morgan fingerprint density at radius 1 is 1.13 bits per heavy atom. The summed E-state index contributed by atoms with van der Waals surface area (Å²) < 4.78 is 5.16. The molecule has 0 heterocycles. The van der Waals surface area contributed by atoms with Crippen LogP contribution in [0.2, 0.25) is 0 Å². The van der Waals surface area contributed by atoms with Crippen LogP contribution in [0.4, 0.5) is 4.79 Å². The van der Waals surface area contributed by atoms with Gasteiger partial charge in [-0.25, -0.2) is 4.79 Å². The fourth-order valence-corrected chi connectivity index (χ4v) is 2.02. The first-order chi connectivity index (χ1) is 11.0. The maximum Gasteiger partial charge on any atom is 0.409 e. The number of likely N-dealkylation sites (N-methyl/N-ethyl adjacent to an activating group) is 1. The van der Waals surface area contributed by atoms with Gasteiger partial charge in [0, 0.05) is 7.05 Å². The van der Waals surface area contributed by atoms with Crippen LogP contribution in [0, 0.1) is 0 Å². The summed E-state index contributed by atoms with van der Waals surface area (Å²) in [6, 6.07) is 13.3. The van der Waals surface area contributed by atoms with Crippen LogP contribution < -0.4 is 0 Å². The number of phenolic OH excluding ortho intramolecular Hbond substituents is 2. The quantitative estimate of drug-likeness (QED) is 0.737. The Balaban J connectivity index is 1.88. The Hall–Kier alpha value is -2.73. The molecule has 0 aliphatic heterocycles. The summed E-state index contributed by atoms with van der Waals surface area (Å²) in [6.45, 7) is 0.151. The third-order valence-electron chi connectivity index (χ3n) is 3.35. The van der Waals surface area contributed by atoms with E-state index in [1.807, 2.05) is 30.3 Å². The summed E-state index contributed by atoms with van der Waals surface area (Å²) in [4.78, 5) is 13.2. The average molecular weight is 317 g/mol. The highest BCUT2D eigenvalue weighted by Crippen LogP contribution is 2.28. The number of aliphatic hydroxyl groups excluding tert-OH is 1. The van der Waals surface area contributed by atoms with Gasteiger partial charge < -0.3 is 25.0 Å². The summed E-state index contributed by atoms with van der Waals surface area (Å²) in [5.74, 6) is -0.590. The first-order valence-corrected chi connectivity index (χ1v) is 7.09. The van der Waals surface area contributed by atoms with Crippen molar-refractivity contribution in [1.82, 2.24) is 4.90 Å². The minimum atomic E-state index is -1.00. The maximum atomic E-state index is 11.9. The molecule has 1 atom stereocenters. The van der Waals surface area contributed by atoms with Crippen molar-refractivity contribution in [2.45, 2.75) is 12.7 Å². The molecule has 23 heavy (non-hydrogen) atoms. The molecule has 0 aliphatic rings. The molecule has 2 rings (SSSR count). The Morgan fingerprint density at radius 3 is 2.48 bits per heavy atom. The first-order valence-electron chi connectivity index (χ1n) is 7.09. The van der Waals surface area contributed by atoms with Gasteiger partial charge in [-0.2, -0.15) is 0 Å². The van der Waals surface area contributed by atoms with Crippen LogP contribution in [0.25, 0.3) is 0 Å². The Morgan fingerprint density at radius 2 is 1.83 bits per heavy atom. The lowest BCUT2D eigenvalue weighted by Gasteiger charge is -2.21. The van der Waals surface area contributed by atoms with E-state index in [4.69, 9.17) is 4.74 Å². The van der Waals surface area contributed by atoms with Gasteiger partial charge in [0.25, 0.3) is 0 Å². The standard InChI is InChI=1S/C17H19NO5/c1-18(17(22)23-11-12-5-3-2-4-6-12)10-16(21)13-7-8-14(19)15(20)9-13/h2-9,16,19-21H,10-11H2,1H3. The lowest BCUT2D eigenvalue weighted by atomic mass is 10.1. The molecule has 1 unspecified atom stereocenters. The molecule has 0 saturated heterocycles. The van der Waals surface area contributed by atoms with Crippen LogP contribution in [0.5, 0.6) is 11.5 Å². The predicted octanol–water partition coefficient (Wildman–Crippen LogP) is 2.40. The highest BCUT2D eigenvalue weighted by molar-refractivity contribution is 5.67. The Kier molecular flexibility index (Phi) is 5.43. The second-order valence-electron chi connectivity index (χ2n) is 5.18. The van der Waals surface area contributed by atoms with Crippen LogP contribution in [-0.4, -0.2) is 39.9 Å². The normalized spacial score (nSPS) is 11.7. The zero-order chi connectivity index (χ0) is 16.8. The molecular formula is C17H19NO5. The Labute approximate surface area is 134 Å². The van der Waals surface area contributed by atoms with Crippen molar-refractivity contribution >= 4 is 6.09 Å². The number of carbonyl (C=O) groups excluding carboxylic acids is 1. The van der Waals surface area contributed by atoms with Crippen LogP contribution in [0.3, 0.4) is 0 Å². The second-order valence-corrected chi connectivity index (χ2v) is 5.18. The van der Waals surface area contributed by atoms with E-state index < -0.39 is 12.2 Å². The van der Waals surface area contributed by atoms with Crippen molar-refractivity contribution < 1.29 is 24.9 Å². The Bertz CT molecular complexity index is 659. The van der Waals surface area contributed by atoms with Gasteiger partial charge in [0.15, 0.2) is 11.5 Å². The van der Waals surface area contributed by atoms with Gasteiger partial charge in [0.2, 0.25) is 0 Å². The number of ether oxygens (including phenoxy) is 1. The van der Waals surface area contributed by atoms with E-state index in [1.54, 1.807) is 0 Å². The molecule has 0 fully saturated rings. The molecule has 2 aromatic carbocycles. The summed E-state index contributed by atoms with van der Waals surface area (Å²) in [6.07, 6.45) is -1.56. The van der Waals surface area contributed by atoms with Crippen LogP contribution in [0.15, 0.2) is 48.5 Å². The zero-order valence-corrected chi connectivity index (χ0v) is 12.7. The molecule has 3 N–H and O–H groups in total. The number of carbonyl (C=O) groups is 1. The smallest absolute Gasteiger partial charge is 0.409 e. The molecule has 2 aromatic rings. The highest BCUT2D eigenvalue weighted by Gasteiger charge is 2.17. The maximum absolute atomic E-state index is 11.9. The van der Waals surface area contributed by atoms with Gasteiger partial charge in [-0.15, -0.1) is 0 Å². The van der Waals surface area contributed by atoms with Crippen molar-refractivity contribution in [3.63, 3.8) is 0 Å². The van der Waals surface area contributed by atoms with E-state index in [0.29, 0.717) is 5.56 Å². The number of hydrogen-bond donors (Lipinski definition) is 3. The minimum Gasteiger partial charge on any atom is -0.504 e. The average Bonchev–Trinajstić information content (AvgIpc) is 2.55. The molecule has 0 bridgehead atoms. The van der Waals surface area contributed by atoms with Gasteiger partial charge in [-0.1, -0.05) is 36.4 Å². The summed E-state index contributed by atoms with van der Waals surface area (Å²) in [5, 5.41) is 28.8. The molecule has 1 amide bonds. The number of benzene rings is 2. The summed E-state index contributed by atoms with van der Waals surface area (Å²) >= 11 is 0. The predicted molar refractivity (Wildman–Crippen MR) is 84.0 cm³/mol. The molecule has 6 heteroatoms. The van der Waals surface area contributed by atoms with Crippen molar-refractivity contribution in [2.24, 2.45) is 0 Å². The van der Waals surface area contributed by atoms with Crippen molar-refractivity contribution in [3.05, 3.63) is 59.7 Å². The van der Waals surface area contributed by atoms with E-state index in [2.05, 4.69) is 0 Å². The first kappa shape index (κ1) is 16.6. The summed E-state index contributed by atoms with van der Waals surface area (Å²) in [5.41, 5.74) is 1.27. The van der Waals surface area contributed by atoms with Crippen molar-refractivity contribution in [2.75, 3.05) is 13.6 Å². The topological polar surface area (TPSA) is 90.2 Å². The van der Waals surface area contributed by atoms with Crippen molar-refractivity contribution in [3.8, 4) is 11.5 Å². The number of phenols is 2. The monoisotopic (exact) mass is 317 g/mol. The number of hydrogen-bond acceptors (Lipinski definition) is 5. The third-order valence-corrected chi connectivity index (χ3v) is 3.35. The molecule has 0 radical (unpaired) electrons. The van der Waals surface area contributed by atoms with Gasteiger partial charge in [-0.05, 0) is 23.3 Å². The van der Waals surface area contributed by atoms with E-state index in [1.165, 1.54) is 30.1 Å². The zero-order valence-electron chi connectivity index (χ0n) is 12.7. The van der Waals surface area contributed by atoms with Gasteiger partial charge in [0.05, 0.1) is 12.6 Å². The van der Waals surface area contributed by atoms with Gasteiger partial charge in [0.1, 0.15) is 6.61 Å². The molecule has 0 saturated carbocycles. The lowest BCUT2D eigenvalue weighted by molar-refractivity contribution is 0.0787. The summed E-state index contributed by atoms with van der Waals surface area (Å²) in [7, 11) is 1.51. The minimum absolute atomic E-state index is 0.00214. The fraction of sp³-hybridized carbons (Fsp3) is 0.235. The highest BCUT2D eigenvalue weighted by atomic mass is 16.6. The number of rotatable bonds is 5. The molecule has 6 nitrogen and oxygen atoms in total. The number of aliphatic hydroxyl groups is 1. The number of aromatic hydroxyl groups is 2. The SMILES string of the molecule is CN(CC(O)c1ccc(O)c(O)c1)C(=O)OCc1ccccc1. The number of nitrogens with zero attached hydrogens (tertiary/aromatic N) is 1. The molecule has 0 aromatic heterocycles. The lowest BCUT2D eigenvalue weighted by Crippen LogP contribution is -2.31. The van der Waals surface area contributed by atoms with E-state index >= 15 is 0 Å². The molecule has 0 aliphatic carbocycles. The second kappa shape index (κ2) is 7.51. The molecule has 122 valence electrons. The third kappa shape index (κ3) is 4.62.